The molecular weight excluding hydrogens is 520 g/mol. The molecular formula is C24H24N4O7S2. The third-order valence-electron chi connectivity index (χ3n) is 5.41. The number of aliphatic imine (C=N–C) groups is 1. The predicted molar refractivity (Wildman–Crippen MR) is 140 cm³/mol. The quantitative estimate of drug-likeness (QED) is 0.426. The molecule has 2 amide bonds. The number of hydrogen-bond donors (Lipinski definition) is 2. The van der Waals surface area contributed by atoms with Crippen molar-refractivity contribution in [3.05, 3.63) is 41.4 Å². The van der Waals surface area contributed by atoms with Gasteiger partial charge in [-0.25, -0.2) is 14.6 Å². The molecule has 11 nitrogen and oxygen atoms in total. The summed E-state index contributed by atoms with van der Waals surface area (Å²) in [6.45, 7) is 1.86. The molecule has 0 bridgehead atoms. The monoisotopic (exact) mass is 544 g/mol. The highest BCUT2D eigenvalue weighted by molar-refractivity contribution is 8.15. The third kappa shape index (κ3) is 6.30. The molecule has 0 fully saturated rings. The average molecular weight is 545 g/mol. The van der Waals surface area contributed by atoms with E-state index >= 15 is 0 Å². The van der Waals surface area contributed by atoms with Crippen molar-refractivity contribution in [2.24, 2.45) is 4.99 Å². The Morgan fingerprint density at radius 3 is 2.19 bits per heavy atom. The van der Waals surface area contributed by atoms with Crippen molar-refractivity contribution in [1.82, 2.24) is 14.8 Å². The summed E-state index contributed by atoms with van der Waals surface area (Å²) in [5.41, 5.74) is 0.741. The van der Waals surface area contributed by atoms with Crippen LogP contribution in [0.4, 0.5) is 9.59 Å². The van der Waals surface area contributed by atoms with Crippen LogP contribution >= 0.6 is 23.1 Å². The number of benzene rings is 2. The van der Waals surface area contributed by atoms with E-state index in [1.165, 1.54) is 59.0 Å². The molecule has 0 spiro atoms. The van der Waals surface area contributed by atoms with Gasteiger partial charge in [0.2, 0.25) is 0 Å². The summed E-state index contributed by atoms with van der Waals surface area (Å²) < 4.78 is 11.4. The van der Waals surface area contributed by atoms with E-state index in [-0.39, 0.29) is 36.4 Å². The van der Waals surface area contributed by atoms with Gasteiger partial charge in [0.25, 0.3) is 0 Å². The van der Waals surface area contributed by atoms with Crippen LogP contribution in [0.15, 0.2) is 41.4 Å². The number of carbonyl (C=O) groups is 3. The lowest BCUT2D eigenvalue weighted by atomic mass is 10.2. The highest BCUT2D eigenvalue weighted by atomic mass is 32.2. The topological polar surface area (TPSA) is 142 Å². The first-order valence-corrected chi connectivity index (χ1v) is 12.9. The van der Waals surface area contributed by atoms with E-state index in [0.29, 0.717) is 11.5 Å². The van der Waals surface area contributed by atoms with E-state index < -0.39 is 17.9 Å². The Bertz CT molecular complexity index is 1390. The lowest BCUT2D eigenvalue weighted by Crippen LogP contribution is -2.39. The van der Waals surface area contributed by atoms with Crippen molar-refractivity contribution in [3.8, 4) is 23.0 Å². The van der Waals surface area contributed by atoms with Gasteiger partial charge in [-0.05, 0) is 31.2 Å². The number of Topliss-reactive ketones (excluding diaryl/α,β-unsaturated/α-hetero) is 1. The van der Waals surface area contributed by atoms with Crippen LogP contribution in [0.25, 0.3) is 10.2 Å². The minimum absolute atomic E-state index is 0.0302. The van der Waals surface area contributed by atoms with E-state index in [1.54, 1.807) is 25.2 Å². The smallest absolute Gasteiger partial charge is 0.415 e. The number of ketones is 1. The Kier molecular flexibility index (Phi) is 7.83. The number of nitrogens with zero attached hydrogens (tertiary/aromatic N) is 4. The molecule has 13 heteroatoms. The van der Waals surface area contributed by atoms with Crippen LogP contribution in [0.1, 0.15) is 11.9 Å². The first kappa shape index (κ1) is 26.2. The third-order valence-corrected chi connectivity index (χ3v) is 7.62. The summed E-state index contributed by atoms with van der Waals surface area (Å²) in [5, 5.41) is 20.3. The van der Waals surface area contributed by atoms with Crippen molar-refractivity contribution in [2.75, 3.05) is 32.9 Å². The molecule has 3 aromatic rings. The molecule has 1 aromatic heterocycles. The average Bonchev–Trinajstić information content (AvgIpc) is 3.51. The minimum atomic E-state index is -0.696. The molecule has 1 aliphatic rings. The molecule has 37 heavy (non-hydrogen) atoms. The largest absolute Gasteiger partial charge is 0.504 e. The molecule has 1 atom stereocenters. The second kappa shape index (κ2) is 11.0. The van der Waals surface area contributed by atoms with Gasteiger partial charge in [0.05, 0.1) is 10.2 Å². The fraction of sp³-hybridized carbons (Fsp3) is 0.292. The van der Waals surface area contributed by atoms with E-state index in [2.05, 4.69) is 9.98 Å². The summed E-state index contributed by atoms with van der Waals surface area (Å²) in [7, 11) is 3.05. The summed E-state index contributed by atoms with van der Waals surface area (Å²) >= 11 is 2.92. The number of carbonyl (C=O) groups excluding carboxylic acids is 3. The standard InChI is InChI=1S/C24H24N4O7S2/c1-13(29)17-12-36-21(26-17)22-25-16-6-4-15(11-20(16)37-22)35-24(33)28(3)9-8-27(2)23(32)34-14-5-7-18(30)19(31)10-14/h4-7,10-11,17,30-31H,8-9,12H2,1-3H3. The molecule has 4 rings (SSSR count). The van der Waals surface area contributed by atoms with Crippen LogP contribution in [0.5, 0.6) is 23.0 Å². The Hall–Kier alpha value is -3.84. The number of thioether (sulfide) groups is 1. The van der Waals surface area contributed by atoms with Crippen molar-refractivity contribution >= 4 is 56.3 Å². The number of ether oxygens (including phenoxy) is 2. The lowest BCUT2D eigenvalue weighted by molar-refractivity contribution is -0.117. The second-order valence-electron chi connectivity index (χ2n) is 8.25. The van der Waals surface area contributed by atoms with Gasteiger partial charge in [0.1, 0.15) is 27.6 Å². The number of amides is 2. The normalized spacial score (nSPS) is 14.8. The first-order valence-electron chi connectivity index (χ1n) is 11.1. The van der Waals surface area contributed by atoms with Crippen LogP contribution in [-0.4, -0.2) is 87.0 Å². The minimum Gasteiger partial charge on any atom is -0.504 e. The van der Waals surface area contributed by atoms with Crippen molar-refractivity contribution < 1.29 is 34.1 Å². The molecule has 0 aliphatic carbocycles. The van der Waals surface area contributed by atoms with Crippen molar-refractivity contribution in [2.45, 2.75) is 13.0 Å². The van der Waals surface area contributed by atoms with Crippen LogP contribution < -0.4 is 9.47 Å². The van der Waals surface area contributed by atoms with Gasteiger partial charge in [-0.3, -0.25) is 9.79 Å². The molecule has 2 heterocycles. The molecule has 2 N–H and O–H groups in total. The van der Waals surface area contributed by atoms with Crippen molar-refractivity contribution in [3.63, 3.8) is 0 Å². The number of phenolic OH excluding ortho intramolecular Hbond substituents is 2. The zero-order valence-electron chi connectivity index (χ0n) is 20.2. The molecule has 0 saturated carbocycles. The number of hydrogen-bond acceptors (Lipinski definition) is 11. The maximum atomic E-state index is 12.6. The Labute approximate surface area is 220 Å². The molecule has 1 aliphatic heterocycles. The number of likely N-dealkylation sites (N-methyl/N-ethyl adjacent to an activating group) is 2. The van der Waals surface area contributed by atoms with E-state index in [1.807, 2.05) is 0 Å². The zero-order valence-corrected chi connectivity index (χ0v) is 21.8. The summed E-state index contributed by atoms with van der Waals surface area (Å²) in [5.74, 6) is 0.330. The van der Waals surface area contributed by atoms with E-state index in [0.717, 1.165) is 26.3 Å². The Morgan fingerprint density at radius 1 is 0.973 bits per heavy atom. The van der Waals surface area contributed by atoms with E-state index in [9.17, 15) is 24.6 Å². The van der Waals surface area contributed by atoms with Gasteiger partial charge in [-0.2, -0.15) is 0 Å². The number of thiazole rings is 1. The number of aromatic nitrogens is 1. The van der Waals surface area contributed by atoms with Crippen LogP contribution in [0.3, 0.4) is 0 Å². The van der Waals surface area contributed by atoms with Gasteiger partial charge >= 0.3 is 12.2 Å². The highest BCUT2D eigenvalue weighted by Gasteiger charge is 2.25. The Morgan fingerprint density at radius 2 is 1.59 bits per heavy atom. The molecule has 0 radical (unpaired) electrons. The zero-order chi connectivity index (χ0) is 26.7. The summed E-state index contributed by atoms with van der Waals surface area (Å²) in [6.07, 6.45) is -1.30. The van der Waals surface area contributed by atoms with Crippen molar-refractivity contribution in [1.29, 1.82) is 0 Å². The fourth-order valence-electron chi connectivity index (χ4n) is 3.17. The van der Waals surface area contributed by atoms with Crippen LogP contribution in [0, 0.1) is 0 Å². The summed E-state index contributed by atoms with van der Waals surface area (Å²) in [6, 6.07) is 8.47. The number of rotatable bonds is 7. The van der Waals surface area contributed by atoms with Gasteiger partial charge in [-0.15, -0.1) is 23.1 Å². The maximum absolute atomic E-state index is 12.6. The maximum Gasteiger partial charge on any atom is 0.415 e. The lowest BCUT2D eigenvalue weighted by Gasteiger charge is -2.21. The number of aromatic hydroxyl groups is 2. The summed E-state index contributed by atoms with van der Waals surface area (Å²) in [4.78, 5) is 48.0. The number of fused-ring (bicyclic) bond motifs is 1. The highest BCUT2D eigenvalue weighted by Crippen LogP contribution is 2.32. The van der Waals surface area contributed by atoms with Gasteiger partial charge in [0.15, 0.2) is 17.3 Å². The first-order chi connectivity index (χ1) is 17.6. The predicted octanol–water partition coefficient (Wildman–Crippen LogP) is 3.72. The Balaban J connectivity index is 1.31. The van der Waals surface area contributed by atoms with Gasteiger partial charge in [-0.1, -0.05) is 0 Å². The number of phenols is 2. The molecule has 2 aromatic carbocycles. The SMILES string of the molecule is CC(=O)C1CSC(c2nc3ccc(OC(=O)N(C)CCN(C)C(=O)Oc4ccc(O)c(O)c4)cc3s2)=N1. The van der Waals surface area contributed by atoms with Crippen LogP contribution in [0.2, 0.25) is 0 Å². The molecule has 1 unspecified atom stereocenters. The fourth-order valence-corrected chi connectivity index (χ4v) is 5.35. The second-order valence-corrected chi connectivity index (χ2v) is 10.3. The molecule has 194 valence electrons. The van der Waals surface area contributed by atoms with Gasteiger partial charge < -0.3 is 29.5 Å². The molecule has 0 saturated heterocycles. The van der Waals surface area contributed by atoms with Gasteiger partial charge in [0, 0.05) is 45.1 Å². The van der Waals surface area contributed by atoms with E-state index in [4.69, 9.17) is 9.47 Å². The van der Waals surface area contributed by atoms with Crippen LogP contribution in [-0.2, 0) is 4.79 Å².